The number of rotatable bonds is 8. The first kappa shape index (κ1) is 20.6. The molecule has 2 amide bonds. The van der Waals surface area contributed by atoms with Gasteiger partial charge in [0.15, 0.2) is 5.78 Å². The number of imide groups is 1. The molecule has 0 saturated carbocycles. The third-order valence-corrected chi connectivity index (χ3v) is 4.65. The number of halogens is 1. The summed E-state index contributed by atoms with van der Waals surface area (Å²) in [6.45, 7) is -0.950. The lowest BCUT2D eigenvalue weighted by Crippen LogP contribution is -2.32. The van der Waals surface area contributed by atoms with E-state index in [2.05, 4.69) is 0 Å². The number of alkyl halides is 1. The van der Waals surface area contributed by atoms with E-state index in [9.17, 15) is 32.0 Å². The maximum Gasteiger partial charge on any atom is 0.363 e. The lowest BCUT2D eigenvalue weighted by molar-refractivity contribution is -0.172. The fourth-order valence-corrected chi connectivity index (χ4v) is 3.30. The molecular weight excluding hydrogens is 385 g/mol. The van der Waals surface area contributed by atoms with Crippen molar-refractivity contribution in [3.05, 3.63) is 35.4 Å². The van der Waals surface area contributed by atoms with E-state index in [1.54, 1.807) is 0 Å². The largest absolute Gasteiger partial charge is 0.363 e. The summed E-state index contributed by atoms with van der Waals surface area (Å²) in [5.41, 5.74) is -0.0575. The first-order valence-corrected chi connectivity index (χ1v) is 9.47. The average Bonchev–Trinajstić information content (AvgIpc) is 2.91. The van der Waals surface area contributed by atoms with Gasteiger partial charge in [0.2, 0.25) is 0 Å². The number of ketones is 1. The number of amides is 2. The topological polar surface area (TPSA) is 135 Å². The average molecular weight is 401 g/mol. The molecule has 0 aromatic heterocycles. The predicted octanol–water partition coefficient (Wildman–Crippen LogP) is 0.954. The van der Waals surface area contributed by atoms with Crippen molar-refractivity contribution < 1.29 is 41.4 Å². The van der Waals surface area contributed by atoms with Gasteiger partial charge in [-0.3, -0.25) is 23.3 Å². The van der Waals surface area contributed by atoms with Crippen LogP contribution in [0.4, 0.5) is 4.39 Å². The Hall–Kier alpha value is -2.66. The summed E-state index contributed by atoms with van der Waals surface area (Å²) in [5.74, 6) is -5.17. The standard InChI is InChI=1S/C16H16FNO8S/c17-8-7-12(9-27(23,24)25)15(21)10-1-3-11(4-2-10)16(22)26-18-13(19)5-6-14(18)20/h1-4,12H,5-9H2,(H,23,24,25). The first-order valence-electron chi connectivity index (χ1n) is 7.86. The fourth-order valence-electron chi connectivity index (χ4n) is 2.48. The van der Waals surface area contributed by atoms with Crippen LogP contribution in [0, 0.1) is 5.92 Å². The van der Waals surface area contributed by atoms with Crippen LogP contribution in [0.15, 0.2) is 24.3 Å². The lowest BCUT2D eigenvalue weighted by Gasteiger charge is -2.14. The van der Waals surface area contributed by atoms with E-state index in [1.807, 2.05) is 0 Å². The van der Waals surface area contributed by atoms with E-state index in [4.69, 9.17) is 9.39 Å². The Morgan fingerprint density at radius 2 is 1.63 bits per heavy atom. The molecule has 9 nitrogen and oxygen atoms in total. The van der Waals surface area contributed by atoms with Crippen LogP contribution in [0.5, 0.6) is 0 Å². The van der Waals surface area contributed by atoms with Gasteiger partial charge in [0, 0.05) is 24.3 Å². The predicted molar refractivity (Wildman–Crippen MR) is 87.8 cm³/mol. The van der Waals surface area contributed by atoms with Gasteiger partial charge in [0.05, 0.1) is 18.0 Å². The van der Waals surface area contributed by atoms with Crippen LogP contribution >= 0.6 is 0 Å². The molecule has 1 aromatic carbocycles. The van der Waals surface area contributed by atoms with E-state index in [1.165, 1.54) is 24.3 Å². The number of hydrogen-bond acceptors (Lipinski definition) is 7. The highest BCUT2D eigenvalue weighted by Gasteiger charge is 2.33. The second-order valence-electron chi connectivity index (χ2n) is 5.83. The van der Waals surface area contributed by atoms with E-state index >= 15 is 0 Å². The lowest BCUT2D eigenvalue weighted by atomic mass is 9.96. The molecular formula is C16H16FNO8S. The molecule has 146 valence electrons. The van der Waals surface area contributed by atoms with Gasteiger partial charge in [0.1, 0.15) is 0 Å². The zero-order chi connectivity index (χ0) is 20.2. The second-order valence-corrected chi connectivity index (χ2v) is 7.32. The van der Waals surface area contributed by atoms with E-state index in [0.717, 1.165) is 0 Å². The van der Waals surface area contributed by atoms with Gasteiger partial charge in [-0.05, 0) is 18.6 Å². The van der Waals surface area contributed by atoms with E-state index < -0.39 is 52.0 Å². The van der Waals surface area contributed by atoms with Gasteiger partial charge >= 0.3 is 5.97 Å². The zero-order valence-corrected chi connectivity index (χ0v) is 14.8. The summed E-state index contributed by atoms with van der Waals surface area (Å²) in [6, 6.07) is 4.75. The Labute approximate surface area is 153 Å². The minimum absolute atomic E-state index is 0.00183. The van der Waals surface area contributed by atoms with Crippen molar-refractivity contribution in [3.63, 3.8) is 0 Å². The summed E-state index contributed by atoms with van der Waals surface area (Å²) in [4.78, 5) is 51.9. The van der Waals surface area contributed by atoms with Crippen molar-refractivity contribution in [2.45, 2.75) is 19.3 Å². The third kappa shape index (κ3) is 5.41. The quantitative estimate of drug-likeness (QED) is 0.386. The Balaban J connectivity index is 2.11. The van der Waals surface area contributed by atoms with Crippen molar-refractivity contribution in [1.29, 1.82) is 0 Å². The summed E-state index contributed by atoms with van der Waals surface area (Å²) in [5, 5.41) is 0.380. The number of nitrogens with zero attached hydrogens (tertiary/aromatic N) is 1. The summed E-state index contributed by atoms with van der Waals surface area (Å²) in [7, 11) is -4.48. The van der Waals surface area contributed by atoms with Crippen LogP contribution in [0.1, 0.15) is 40.0 Å². The molecule has 2 rings (SSSR count). The number of carbonyl (C=O) groups excluding carboxylic acids is 4. The Morgan fingerprint density at radius 1 is 1.11 bits per heavy atom. The maximum absolute atomic E-state index is 12.6. The second kappa shape index (κ2) is 8.35. The van der Waals surface area contributed by atoms with E-state index in [0.29, 0.717) is 5.06 Å². The molecule has 1 unspecified atom stereocenters. The van der Waals surface area contributed by atoms with Gasteiger partial charge in [-0.25, -0.2) is 4.79 Å². The highest BCUT2D eigenvalue weighted by Crippen LogP contribution is 2.18. The molecule has 0 bridgehead atoms. The highest BCUT2D eigenvalue weighted by atomic mass is 32.2. The zero-order valence-electron chi connectivity index (χ0n) is 14.0. The number of Topliss-reactive ketones (excluding diaryl/α,β-unsaturated/α-hetero) is 1. The number of benzene rings is 1. The summed E-state index contributed by atoms with van der Waals surface area (Å²) in [6.07, 6.45) is -0.492. The van der Waals surface area contributed by atoms with Crippen LogP contribution in [0.2, 0.25) is 0 Å². The summed E-state index contributed by atoms with van der Waals surface area (Å²) >= 11 is 0. The van der Waals surface area contributed by atoms with Gasteiger partial charge in [-0.1, -0.05) is 12.1 Å². The van der Waals surface area contributed by atoms with Crippen LogP contribution in [-0.4, -0.2) is 54.0 Å². The number of hydrogen-bond donors (Lipinski definition) is 1. The van der Waals surface area contributed by atoms with Crippen LogP contribution in [0.3, 0.4) is 0 Å². The maximum atomic E-state index is 12.6. The molecule has 1 aliphatic rings. The highest BCUT2D eigenvalue weighted by molar-refractivity contribution is 7.85. The molecule has 1 aromatic rings. The molecule has 1 heterocycles. The SMILES string of the molecule is O=C(ON1C(=O)CCC1=O)c1ccc(C(=O)C(CCF)CS(=O)(=O)O)cc1. The molecule has 1 fully saturated rings. The van der Waals surface area contributed by atoms with Crippen molar-refractivity contribution in [3.8, 4) is 0 Å². The van der Waals surface area contributed by atoms with Crippen LogP contribution in [-0.2, 0) is 24.5 Å². The van der Waals surface area contributed by atoms with Crippen LogP contribution < -0.4 is 0 Å². The van der Waals surface area contributed by atoms with Gasteiger partial charge in [0.25, 0.3) is 21.9 Å². The van der Waals surface area contributed by atoms with Crippen molar-refractivity contribution in [2.24, 2.45) is 5.92 Å². The number of carbonyl (C=O) groups is 4. The molecule has 1 aliphatic heterocycles. The van der Waals surface area contributed by atoms with Gasteiger partial charge in [-0.2, -0.15) is 8.42 Å². The molecule has 0 radical (unpaired) electrons. The Bertz CT molecular complexity index is 849. The third-order valence-electron chi connectivity index (χ3n) is 3.83. The Morgan fingerprint density at radius 3 is 2.11 bits per heavy atom. The molecule has 1 saturated heterocycles. The minimum Gasteiger partial charge on any atom is -0.325 e. The molecule has 1 N–H and O–H groups in total. The van der Waals surface area contributed by atoms with Crippen LogP contribution in [0.25, 0.3) is 0 Å². The summed E-state index contributed by atoms with van der Waals surface area (Å²) < 4.78 is 43.4. The molecule has 1 atom stereocenters. The first-order chi connectivity index (χ1) is 12.6. The molecule has 0 aliphatic carbocycles. The normalized spacial score (nSPS) is 15.7. The van der Waals surface area contributed by atoms with Gasteiger partial charge < -0.3 is 4.84 Å². The monoisotopic (exact) mass is 401 g/mol. The molecule has 0 spiro atoms. The molecule has 27 heavy (non-hydrogen) atoms. The Kier molecular flexibility index (Phi) is 6.39. The molecule has 11 heteroatoms. The van der Waals surface area contributed by atoms with Crippen molar-refractivity contribution in [2.75, 3.05) is 12.4 Å². The van der Waals surface area contributed by atoms with Crippen molar-refractivity contribution in [1.82, 2.24) is 5.06 Å². The minimum atomic E-state index is -4.48. The van der Waals surface area contributed by atoms with E-state index in [-0.39, 0.29) is 30.4 Å². The smallest absolute Gasteiger partial charge is 0.325 e. The van der Waals surface area contributed by atoms with Gasteiger partial charge in [-0.15, -0.1) is 5.06 Å². The van der Waals surface area contributed by atoms with Crippen molar-refractivity contribution >= 4 is 33.7 Å². The number of hydroxylamine groups is 2. The fraction of sp³-hybridized carbons (Fsp3) is 0.375.